The maximum Gasteiger partial charge on any atom is 0.0314 e. The van der Waals surface area contributed by atoms with Crippen LogP contribution in [0, 0.1) is 0 Å². The molecule has 0 radical (unpaired) electrons. The molecule has 2 unspecified atom stereocenters. The van der Waals surface area contributed by atoms with Crippen molar-refractivity contribution < 1.29 is 0 Å². The summed E-state index contributed by atoms with van der Waals surface area (Å²) in [6.07, 6.45) is 3.67. The molecule has 0 aliphatic carbocycles. The second-order valence-electron chi connectivity index (χ2n) is 5.66. The maximum atomic E-state index is 5.75. The average molecular weight is 267 g/mol. The summed E-state index contributed by atoms with van der Waals surface area (Å²) in [6, 6.07) is 19.2. The van der Waals surface area contributed by atoms with E-state index >= 15 is 0 Å². The quantitative estimate of drug-likeness (QED) is 0.702. The van der Waals surface area contributed by atoms with Gasteiger partial charge in [0.15, 0.2) is 0 Å². The molecule has 2 atom stereocenters. The third-order valence-corrected chi connectivity index (χ3v) is 4.22. The minimum absolute atomic E-state index is 0.591. The number of nitrogens with two attached hydrogens (primary N) is 1. The summed E-state index contributed by atoms with van der Waals surface area (Å²) in [5.74, 6) is 1.26. The molecular formula is C19H25N. The lowest BCUT2D eigenvalue weighted by Crippen LogP contribution is -2.01. The summed E-state index contributed by atoms with van der Waals surface area (Å²) in [7, 11) is 0. The minimum Gasteiger partial charge on any atom is -0.399 e. The molecule has 0 aliphatic heterocycles. The molecule has 1 nitrogen and oxygen atoms in total. The summed E-state index contributed by atoms with van der Waals surface area (Å²) < 4.78 is 0. The molecule has 0 bridgehead atoms. The molecule has 0 saturated carbocycles. The van der Waals surface area contributed by atoms with Gasteiger partial charge in [0, 0.05) is 5.69 Å². The third kappa shape index (κ3) is 3.86. The van der Waals surface area contributed by atoms with E-state index in [-0.39, 0.29) is 0 Å². The molecule has 106 valence electrons. The number of rotatable bonds is 6. The van der Waals surface area contributed by atoms with E-state index in [2.05, 4.69) is 56.3 Å². The highest BCUT2D eigenvalue weighted by Crippen LogP contribution is 2.30. The second-order valence-corrected chi connectivity index (χ2v) is 5.66. The molecule has 0 aromatic heterocycles. The Morgan fingerprint density at radius 2 is 1.50 bits per heavy atom. The molecule has 2 N–H and O–H groups in total. The monoisotopic (exact) mass is 267 g/mol. The van der Waals surface area contributed by atoms with Crippen molar-refractivity contribution in [1.82, 2.24) is 0 Å². The lowest BCUT2D eigenvalue weighted by molar-refractivity contribution is 0.535. The highest BCUT2D eigenvalue weighted by Gasteiger charge is 2.12. The fourth-order valence-corrected chi connectivity index (χ4v) is 2.77. The van der Waals surface area contributed by atoms with E-state index in [1.807, 2.05) is 12.1 Å². The molecule has 2 rings (SSSR count). The SMILES string of the molecule is CCC(CCC(C)c1ccc(N)cc1)c1ccccc1. The summed E-state index contributed by atoms with van der Waals surface area (Å²) in [5.41, 5.74) is 9.45. The normalized spacial score (nSPS) is 13.9. The van der Waals surface area contributed by atoms with Gasteiger partial charge in [0.05, 0.1) is 0 Å². The van der Waals surface area contributed by atoms with Crippen molar-refractivity contribution in [2.24, 2.45) is 0 Å². The van der Waals surface area contributed by atoms with Crippen molar-refractivity contribution in [2.75, 3.05) is 5.73 Å². The van der Waals surface area contributed by atoms with E-state index in [1.165, 1.54) is 30.4 Å². The van der Waals surface area contributed by atoms with Gasteiger partial charge in [-0.2, -0.15) is 0 Å². The van der Waals surface area contributed by atoms with E-state index in [9.17, 15) is 0 Å². The van der Waals surface area contributed by atoms with Gasteiger partial charge in [0.1, 0.15) is 0 Å². The Morgan fingerprint density at radius 3 is 2.10 bits per heavy atom. The smallest absolute Gasteiger partial charge is 0.0314 e. The third-order valence-electron chi connectivity index (χ3n) is 4.22. The van der Waals surface area contributed by atoms with Crippen molar-refractivity contribution in [1.29, 1.82) is 0 Å². The van der Waals surface area contributed by atoms with Gasteiger partial charge >= 0.3 is 0 Å². The van der Waals surface area contributed by atoms with Crippen LogP contribution in [0.3, 0.4) is 0 Å². The molecule has 0 amide bonds. The lowest BCUT2D eigenvalue weighted by atomic mass is 9.87. The summed E-state index contributed by atoms with van der Waals surface area (Å²) in [6.45, 7) is 4.59. The first kappa shape index (κ1) is 14.6. The molecule has 1 heteroatoms. The summed E-state index contributed by atoms with van der Waals surface area (Å²) >= 11 is 0. The molecule has 2 aromatic rings. The maximum absolute atomic E-state index is 5.75. The van der Waals surface area contributed by atoms with Gasteiger partial charge in [-0.05, 0) is 54.4 Å². The zero-order valence-corrected chi connectivity index (χ0v) is 12.5. The average Bonchev–Trinajstić information content (AvgIpc) is 2.49. The van der Waals surface area contributed by atoms with Crippen LogP contribution in [0.15, 0.2) is 54.6 Å². The highest BCUT2D eigenvalue weighted by atomic mass is 14.5. The van der Waals surface area contributed by atoms with Crippen LogP contribution in [0.2, 0.25) is 0 Å². The second kappa shape index (κ2) is 7.14. The van der Waals surface area contributed by atoms with E-state index < -0.39 is 0 Å². The minimum atomic E-state index is 0.591. The predicted octanol–water partition coefficient (Wildman–Crippen LogP) is 5.35. The molecular weight excluding hydrogens is 242 g/mol. The Kier molecular flexibility index (Phi) is 5.23. The van der Waals surface area contributed by atoms with E-state index in [0.29, 0.717) is 11.8 Å². The van der Waals surface area contributed by atoms with Crippen molar-refractivity contribution >= 4 is 5.69 Å². The van der Waals surface area contributed by atoms with Crippen LogP contribution in [0.5, 0.6) is 0 Å². The zero-order chi connectivity index (χ0) is 14.4. The molecule has 0 fully saturated rings. The van der Waals surface area contributed by atoms with Gasteiger partial charge in [-0.3, -0.25) is 0 Å². The van der Waals surface area contributed by atoms with Crippen LogP contribution in [-0.2, 0) is 0 Å². The first-order valence-electron chi connectivity index (χ1n) is 7.61. The van der Waals surface area contributed by atoms with Crippen molar-refractivity contribution in [3.05, 3.63) is 65.7 Å². The number of benzene rings is 2. The van der Waals surface area contributed by atoms with Crippen LogP contribution in [-0.4, -0.2) is 0 Å². The fraction of sp³-hybridized carbons (Fsp3) is 0.368. The fourth-order valence-electron chi connectivity index (χ4n) is 2.77. The molecule has 0 aliphatic rings. The van der Waals surface area contributed by atoms with Crippen LogP contribution >= 0.6 is 0 Å². The Bertz CT molecular complexity index is 501. The Morgan fingerprint density at radius 1 is 0.850 bits per heavy atom. The highest BCUT2D eigenvalue weighted by molar-refractivity contribution is 5.40. The van der Waals surface area contributed by atoms with Crippen molar-refractivity contribution in [3.63, 3.8) is 0 Å². The Labute approximate surface area is 122 Å². The van der Waals surface area contributed by atoms with Crippen LogP contribution in [0.25, 0.3) is 0 Å². The number of nitrogen functional groups attached to an aromatic ring is 1. The molecule has 0 heterocycles. The van der Waals surface area contributed by atoms with Crippen LogP contribution < -0.4 is 5.73 Å². The van der Waals surface area contributed by atoms with Crippen LogP contribution in [0.1, 0.15) is 56.1 Å². The Hall–Kier alpha value is -1.76. The van der Waals surface area contributed by atoms with E-state index in [0.717, 1.165) is 5.69 Å². The molecule has 0 spiro atoms. The van der Waals surface area contributed by atoms with Gasteiger partial charge in [-0.15, -0.1) is 0 Å². The van der Waals surface area contributed by atoms with Crippen molar-refractivity contribution in [3.8, 4) is 0 Å². The first-order chi connectivity index (χ1) is 9.70. The zero-order valence-electron chi connectivity index (χ0n) is 12.5. The topological polar surface area (TPSA) is 26.0 Å². The molecule has 2 aromatic carbocycles. The Balaban J connectivity index is 1.94. The van der Waals surface area contributed by atoms with Gasteiger partial charge in [0.2, 0.25) is 0 Å². The van der Waals surface area contributed by atoms with Gasteiger partial charge in [-0.25, -0.2) is 0 Å². The van der Waals surface area contributed by atoms with Crippen LogP contribution in [0.4, 0.5) is 5.69 Å². The largest absolute Gasteiger partial charge is 0.399 e. The number of anilines is 1. The van der Waals surface area contributed by atoms with Gasteiger partial charge < -0.3 is 5.73 Å². The molecule has 20 heavy (non-hydrogen) atoms. The van der Waals surface area contributed by atoms with Gasteiger partial charge in [-0.1, -0.05) is 56.3 Å². The number of hydrogen-bond donors (Lipinski definition) is 1. The predicted molar refractivity (Wildman–Crippen MR) is 88.0 cm³/mol. The standard InChI is InChI=1S/C19H25N/c1-3-16(18-7-5-4-6-8-18)10-9-15(2)17-11-13-19(20)14-12-17/h4-8,11-16H,3,9-10,20H2,1-2H3. The van der Waals surface area contributed by atoms with Gasteiger partial charge in [0.25, 0.3) is 0 Å². The van der Waals surface area contributed by atoms with Crippen molar-refractivity contribution in [2.45, 2.75) is 44.9 Å². The summed E-state index contributed by atoms with van der Waals surface area (Å²) in [5, 5.41) is 0. The van der Waals surface area contributed by atoms with E-state index in [4.69, 9.17) is 5.73 Å². The number of hydrogen-bond acceptors (Lipinski definition) is 1. The molecule has 0 saturated heterocycles. The first-order valence-corrected chi connectivity index (χ1v) is 7.61. The summed E-state index contributed by atoms with van der Waals surface area (Å²) in [4.78, 5) is 0. The lowest BCUT2D eigenvalue weighted by Gasteiger charge is -2.18. The van der Waals surface area contributed by atoms with E-state index in [1.54, 1.807) is 0 Å².